The Morgan fingerprint density at radius 2 is 2.36 bits per heavy atom. The second kappa shape index (κ2) is 3.19. The third-order valence-electron chi connectivity index (χ3n) is 1.15. The molecule has 1 N–H and O–H groups in total. The molecule has 0 atom stereocenters. The minimum absolute atomic E-state index is 0.131. The number of hydrogen-bond acceptors (Lipinski definition) is 2. The van der Waals surface area contributed by atoms with Crippen LogP contribution in [0.15, 0.2) is 22.5 Å². The summed E-state index contributed by atoms with van der Waals surface area (Å²) in [5.41, 5.74) is 0.131. The maximum Gasteiger partial charge on any atom is 0.336 e. The maximum absolute atomic E-state index is 10.4. The zero-order valence-electron chi connectivity index (χ0n) is 5.50. The van der Waals surface area contributed by atoms with Gasteiger partial charge in [0.25, 0.3) is 0 Å². The van der Waals surface area contributed by atoms with E-state index in [1.165, 1.54) is 11.3 Å². The number of thiophene rings is 1. The number of rotatable bonds is 2. The Morgan fingerprint density at radius 1 is 1.73 bits per heavy atom. The lowest BCUT2D eigenvalue weighted by atomic mass is 10.2. The van der Waals surface area contributed by atoms with E-state index in [0.717, 1.165) is 4.47 Å². The first-order chi connectivity index (χ1) is 5.13. The van der Waals surface area contributed by atoms with Gasteiger partial charge in [-0.15, -0.1) is 11.3 Å². The lowest BCUT2D eigenvalue weighted by Gasteiger charge is -1.94. The summed E-state index contributed by atoms with van der Waals surface area (Å²) in [4.78, 5) is 11.1. The molecule has 0 aliphatic carbocycles. The highest BCUT2D eigenvalue weighted by atomic mass is 79.9. The van der Waals surface area contributed by atoms with Crippen LogP contribution in [0, 0.1) is 0 Å². The quantitative estimate of drug-likeness (QED) is 0.797. The monoisotopic (exact) mass is 232 g/mol. The van der Waals surface area contributed by atoms with Crippen molar-refractivity contribution in [2.45, 2.75) is 0 Å². The summed E-state index contributed by atoms with van der Waals surface area (Å²) in [6, 6.07) is 1.80. The Balaban J connectivity index is 3.02. The molecule has 1 heterocycles. The standard InChI is InChI=1S/C7H5BrO2S/c1-4(7(9)10)6-5(8)2-3-11-6/h2-3H,1H2,(H,9,10). The molecular formula is C7H5BrO2S. The number of halogens is 1. The lowest BCUT2D eigenvalue weighted by molar-refractivity contribution is -0.130. The SMILES string of the molecule is C=C(C(=O)O)c1sccc1Br. The summed E-state index contributed by atoms with van der Waals surface area (Å²) >= 11 is 4.58. The van der Waals surface area contributed by atoms with Crippen molar-refractivity contribution < 1.29 is 9.90 Å². The van der Waals surface area contributed by atoms with Gasteiger partial charge in [0.1, 0.15) is 0 Å². The molecule has 0 bridgehead atoms. The van der Waals surface area contributed by atoms with Crippen LogP contribution in [0.25, 0.3) is 5.57 Å². The maximum atomic E-state index is 10.4. The van der Waals surface area contributed by atoms with Crippen LogP contribution in [0.3, 0.4) is 0 Å². The molecule has 0 spiro atoms. The fourth-order valence-corrected chi connectivity index (χ4v) is 2.18. The second-order valence-corrected chi connectivity index (χ2v) is 3.65. The van der Waals surface area contributed by atoms with Crippen LogP contribution in [0.2, 0.25) is 0 Å². The lowest BCUT2D eigenvalue weighted by Crippen LogP contribution is -1.95. The zero-order valence-corrected chi connectivity index (χ0v) is 7.91. The number of carboxylic acid groups (broad SMARTS) is 1. The molecule has 11 heavy (non-hydrogen) atoms. The van der Waals surface area contributed by atoms with E-state index in [0.29, 0.717) is 4.88 Å². The highest BCUT2D eigenvalue weighted by molar-refractivity contribution is 9.10. The average Bonchev–Trinajstić information content (AvgIpc) is 2.33. The number of hydrogen-bond donors (Lipinski definition) is 1. The summed E-state index contributed by atoms with van der Waals surface area (Å²) in [6.45, 7) is 3.44. The number of carboxylic acids is 1. The van der Waals surface area contributed by atoms with Crippen molar-refractivity contribution in [1.82, 2.24) is 0 Å². The normalized spacial score (nSPS) is 9.55. The van der Waals surface area contributed by atoms with Gasteiger partial charge in [-0.1, -0.05) is 6.58 Å². The molecule has 0 saturated carbocycles. The summed E-state index contributed by atoms with van der Waals surface area (Å²) in [7, 11) is 0. The Labute approximate surface area is 76.3 Å². The van der Waals surface area contributed by atoms with Crippen molar-refractivity contribution in [3.63, 3.8) is 0 Å². The molecule has 0 unspecified atom stereocenters. The van der Waals surface area contributed by atoms with E-state index in [1.807, 2.05) is 5.38 Å². The van der Waals surface area contributed by atoms with E-state index < -0.39 is 5.97 Å². The molecule has 0 saturated heterocycles. The van der Waals surface area contributed by atoms with Crippen molar-refractivity contribution in [3.05, 3.63) is 27.4 Å². The molecule has 1 aromatic heterocycles. The fourth-order valence-electron chi connectivity index (χ4n) is 0.606. The molecule has 0 radical (unpaired) electrons. The van der Waals surface area contributed by atoms with E-state index in [9.17, 15) is 4.79 Å². The van der Waals surface area contributed by atoms with Gasteiger partial charge in [-0.05, 0) is 27.4 Å². The van der Waals surface area contributed by atoms with Gasteiger partial charge in [-0.2, -0.15) is 0 Å². The first kappa shape index (κ1) is 8.49. The average molecular weight is 233 g/mol. The van der Waals surface area contributed by atoms with Gasteiger partial charge in [0.2, 0.25) is 0 Å². The first-order valence-electron chi connectivity index (χ1n) is 2.78. The third-order valence-corrected chi connectivity index (χ3v) is 3.05. The molecule has 0 aliphatic heterocycles. The van der Waals surface area contributed by atoms with Crippen LogP contribution in [0.1, 0.15) is 4.88 Å². The molecule has 0 aliphatic rings. The molecule has 4 heteroatoms. The van der Waals surface area contributed by atoms with Crippen LogP contribution in [-0.4, -0.2) is 11.1 Å². The molecule has 0 aromatic carbocycles. The minimum atomic E-state index is -0.979. The number of aliphatic carboxylic acids is 1. The zero-order chi connectivity index (χ0) is 8.43. The molecule has 0 amide bonds. The Bertz CT molecular complexity index is 303. The van der Waals surface area contributed by atoms with Crippen molar-refractivity contribution in [3.8, 4) is 0 Å². The van der Waals surface area contributed by atoms with Crippen molar-refractivity contribution in [1.29, 1.82) is 0 Å². The Morgan fingerprint density at radius 3 is 2.73 bits per heavy atom. The van der Waals surface area contributed by atoms with Gasteiger partial charge in [0, 0.05) is 4.47 Å². The third kappa shape index (κ3) is 1.70. The number of carbonyl (C=O) groups is 1. The van der Waals surface area contributed by atoms with Crippen molar-refractivity contribution >= 4 is 38.8 Å². The highest BCUT2D eigenvalue weighted by Crippen LogP contribution is 2.28. The topological polar surface area (TPSA) is 37.3 Å². The van der Waals surface area contributed by atoms with Gasteiger partial charge in [0.15, 0.2) is 0 Å². The van der Waals surface area contributed by atoms with E-state index in [-0.39, 0.29) is 5.57 Å². The summed E-state index contributed by atoms with van der Waals surface area (Å²) < 4.78 is 0.787. The molecule has 2 nitrogen and oxygen atoms in total. The predicted molar refractivity (Wildman–Crippen MR) is 48.7 cm³/mol. The van der Waals surface area contributed by atoms with E-state index in [2.05, 4.69) is 22.5 Å². The van der Waals surface area contributed by atoms with E-state index in [1.54, 1.807) is 6.07 Å². The molecule has 58 valence electrons. The predicted octanol–water partition coefficient (Wildman–Crippen LogP) is 2.61. The van der Waals surface area contributed by atoms with Crippen molar-refractivity contribution in [2.24, 2.45) is 0 Å². The van der Waals surface area contributed by atoms with E-state index in [4.69, 9.17) is 5.11 Å². The first-order valence-corrected chi connectivity index (χ1v) is 4.45. The highest BCUT2D eigenvalue weighted by Gasteiger charge is 2.11. The summed E-state index contributed by atoms with van der Waals surface area (Å²) in [5, 5.41) is 10.4. The molecule has 1 aromatic rings. The van der Waals surface area contributed by atoms with Crippen molar-refractivity contribution in [2.75, 3.05) is 0 Å². The van der Waals surface area contributed by atoms with Gasteiger partial charge in [-0.25, -0.2) is 4.79 Å². The van der Waals surface area contributed by atoms with Crippen LogP contribution in [0.4, 0.5) is 0 Å². The Hall–Kier alpha value is -0.610. The smallest absolute Gasteiger partial charge is 0.336 e. The van der Waals surface area contributed by atoms with Gasteiger partial charge in [-0.3, -0.25) is 0 Å². The summed E-state index contributed by atoms with van der Waals surface area (Å²) in [5.74, 6) is -0.979. The largest absolute Gasteiger partial charge is 0.478 e. The van der Waals surface area contributed by atoms with E-state index >= 15 is 0 Å². The van der Waals surface area contributed by atoms with Crippen LogP contribution < -0.4 is 0 Å². The molecular weight excluding hydrogens is 228 g/mol. The van der Waals surface area contributed by atoms with Crippen LogP contribution in [-0.2, 0) is 4.79 Å². The minimum Gasteiger partial charge on any atom is -0.478 e. The van der Waals surface area contributed by atoms with Gasteiger partial charge >= 0.3 is 5.97 Å². The van der Waals surface area contributed by atoms with Gasteiger partial charge < -0.3 is 5.11 Å². The summed E-state index contributed by atoms with van der Waals surface area (Å²) in [6.07, 6.45) is 0. The fraction of sp³-hybridized carbons (Fsp3) is 0. The molecule has 1 rings (SSSR count). The second-order valence-electron chi connectivity index (χ2n) is 1.88. The van der Waals surface area contributed by atoms with Gasteiger partial charge in [0.05, 0.1) is 10.5 Å². The Kier molecular flexibility index (Phi) is 2.46. The van der Waals surface area contributed by atoms with Crippen LogP contribution in [0.5, 0.6) is 0 Å². The molecule has 0 fully saturated rings. The van der Waals surface area contributed by atoms with Crippen LogP contribution >= 0.6 is 27.3 Å².